The maximum absolute atomic E-state index is 13.0. The van der Waals surface area contributed by atoms with Gasteiger partial charge in [-0.2, -0.15) is 10.2 Å². The first-order chi connectivity index (χ1) is 12.9. The van der Waals surface area contributed by atoms with Crippen LogP contribution in [0.1, 0.15) is 39.7 Å². The second kappa shape index (κ2) is 6.44. The normalized spacial score (nSPS) is 16.0. The van der Waals surface area contributed by atoms with Gasteiger partial charge in [-0.05, 0) is 25.7 Å². The zero-order valence-electron chi connectivity index (χ0n) is 16.4. The van der Waals surface area contributed by atoms with E-state index in [0.717, 1.165) is 30.2 Å². The number of nitrogens with zero attached hydrogens (tertiary/aromatic N) is 5. The number of nitrogens with one attached hydrogen (secondary N) is 1. The summed E-state index contributed by atoms with van der Waals surface area (Å²) in [7, 11) is 1.96. The van der Waals surface area contributed by atoms with E-state index in [9.17, 15) is 4.79 Å². The minimum Gasteiger partial charge on any atom is -0.382 e. The van der Waals surface area contributed by atoms with Gasteiger partial charge in [0.2, 0.25) is 0 Å². The number of H-pyrrole nitrogens is 1. The largest absolute Gasteiger partial charge is 0.382 e. The van der Waals surface area contributed by atoms with Crippen molar-refractivity contribution in [1.29, 1.82) is 0 Å². The molecular weight excluding hydrogens is 342 g/mol. The SMILES string of the molecule is CC(C)C(C)n1cc(-c2cc(N3CCCC3)n(C)n2)c2[nH]nc(N)c2c1=O. The first kappa shape index (κ1) is 17.6. The number of anilines is 2. The van der Waals surface area contributed by atoms with Crippen LogP contribution in [0.2, 0.25) is 0 Å². The van der Waals surface area contributed by atoms with Crippen molar-refractivity contribution in [1.82, 2.24) is 24.5 Å². The van der Waals surface area contributed by atoms with Crippen LogP contribution < -0.4 is 16.2 Å². The zero-order chi connectivity index (χ0) is 19.3. The second-order valence-corrected chi connectivity index (χ2v) is 7.80. The Labute approximate surface area is 158 Å². The summed E-state index contributed by atoms with van der Waals surface area (Å²) in [6, 6.07) is 2.13. The van der Waals surface area contributed by atoms with Crippen molar-refractivity contribution in [3.63, 3.8) is 0 Å². The zero-order valence-corrected chi connectivity index (χ0v) is 16.4. The van der Waals surface area contributed by atoms with Crippen LogP contribution in [0, 0.1) is 5.92 Å². The van der Waals surface area contributed by atoms with Crippen LogP contribution in [0.3, 0.4) is 0 Å². The molecule has 1 saturated heterocycles. The van der Waals surface area contributed by atoms with Gasteiger partial charge in [-0.1, -0.05) is 13.8 Å². The summed E-state index contributed by atoms with van der Waals surface area (Å²) in [6.45, 7) is 8.36. The lowest BCUT2D eigenvalue weighted by atomic mass is 10.0. The minimum absolute atomic E-state index is 0.0386. The van der Waals surface area contributed by atoms with Crippen molar-refractivity contribution < 1.29 is 0 Å². The van der Waals surface area contributed by atoms with Crippen LogP contribution in [-0.4, -0.2) is 37.6 Å². The topological polar surface area (TPSA) is 97.8 Å². The number of hydrogen-bond acceptors (Lipinski definition) is 5. The highest BCUT2D eigenvalue weighted by Crippen LogP contribution is 2.31. The molecule has 3 aromatic heterocycles. The molecule has 8 heteroatoms. The number of fused-ring (bicyclic) bond motifs is 1. The fourth-order valence-corrected chi connectivity index (χ4v) is 3.81. The summed E-state index contributed by atoms with van der Waals surface area (Å²) >= 11 is 0. The van der Waals surface area contributed by atoms with E-state index in [4.69, 9.17) is 10.8 Å². The molecule has 1 fully saturated rings. The van der Waals surface area contributed by atoms with Gasteiger partial charge in [-0.15, -0.1) is 0 Å². The van der Waals surface area contributed by atoms with E-state index in [-0.39, 0.29) is 17.4 Å². The molecule has 1 atom stereocenters. The molecule has 4 rings (SSSR count). The van der Waals surface area contributed by atoms with Crippen molar-refractivity contribution in [3.05, 3.63) is 22.6 Å². The van der Waals surface area contributed by atoms with E-state index in [1.807, 2.05) is 24.9 Å². The molecule has 27 heavy (non-hydrogen) atoms. The smallest absolute Gasteiger partial charge is 0.264 e. The van der Waals surface area contributed by atoms with Crippen molar-refractivity contribution in [2.24, 2.45) is 13.0 Å². The molecule has 1 aliphatic rings. The number of aryl methyl sites for hydroxylation is 1. The summed E-state index contributed by atoms with van der Waals surface area (Å²) in [5.41, 5.74) is 8.22. The second-order valence-electron chi connectivity index (χ2n) is 7.80. The molecule has 3 aromatic rings. The maximum atomic E-state index is 13.0. The number of aromatic amines is 1. The highest BCUT2D eigenvalue weighted by atomic mass is 16.1. The minimum atomic E-state index is -0.114. The molecule has 0 saturated carbocycles. The third-order valence-corrected chi connectivity index (χ3v) is 5.74. The van der Waals surface area contributed by atoms with Gasteiger partial charge in [-0.25, -0.2) is 0 Å². The van der Waals surface area contributed by atoms with E-state index in [2.05, 4.69) is 35.0 Å². The predicted molar refractivity (Wildman–Crippen MR) is 108 cm³/mol. The van der Waals surface area contributed by atoms with E-state index >= 15 is 0 Å². The van der Waals surface area contributed by atoms with Crippen molar-refractivity contribution in [3.8, 4) is 11.3 Å². The standard InChI is InChI=1S/C19H27N7O/c1-11(2)12(3)26-10-13(17-16(19(26)27)18(20)22-21-17)14-9-15(24(4)23-14)25-7-5-6-8-25/h9-12H,5-8H2,1-4H3,(H3,20,21,22). The van der Waals surface area contributed by atoms with Gasteiger partial charge in [0.05, 0.1) is 11.2 Å². The summed E-state index contributed by atoms with van der Waals surface area (Å²) in [6.07, 6.45) is 4.31. The molecule has 8 nitrogen and oxygen atoms in total. The van der Waals surface area contributed by atoms with Crippen LogP contribution in [0.15, 0.2) is 17.1 Å². The molecule has 0 bridgehead atoms. The third-order valence-electron chi connectivity index (χ3n) is 5.74. The predicted octanol–water partition coefficient (Wildman–Crippen LogP) is 2.52. The van der Waals surface area contributed by atoms with Gasteiger partial charge in [0.1, 0.15) is 11.2 Å². The summed E-state index contributed by atoms with van der Waals surface area (Å²) in [5, 5.41) is 12.2. The molecule has 4 heterocycles. The maximum Gasteiger partial charge on any atom is 0.264 e. The number of rotatable bonds is 4. The van der Waals surface area contributed by atoms with E-state index in [1.165, 1.54) is 12.8 Å². The van der Waals surface area contributed by atoms with Crippen molar-refractivity contribution in [2.45, 2.75) is 39.7 Å². The van der Waals surface area contributed by atoms with Crippen LogP contribution in [0.25, 0.3) is 22.2 Å². The Morgan fingerprint density at radius 1 is 1.22 bits per heavy atom. The fourth-order valence-electron chi connectivity index (χ4n) is 3.81. The van der Waals surface area contributed by atoms with Crippen LogP contribution in [0.5, 0.6) is 0 Å². The molecule has 3 N–H and O–H groups in total. The highest BCUT2D eigenvalue weighted by Gasteiger charge is 2.23. The highest BCUT2D eigenvalue weighted by molar-refractivity contribution is 5.97. The fraction of sp³-hybridized carbons (Fsp3) is 0.526. The monoisotopic (exact) mass is 369 g/mol. The van der Waals surface area contributed by atoms with E-state index in [0.29, 0.717) is 16.8 Å². The van der Waals surface area contributed by atoms with Crippen LogP contribution in [-0.2, 0) is 7.05 Å². The summed E-state index contributed by atoms with van der Waals surface area (Å²) in [5.74, 6) is 1.64. The van der Waals surface area contributed by atoms with Gasteiger partial charge >= 0.3 is 0 Å². The van der Waals surface area contributed by atoms with Gasteiger partial charge in [0.25, 0.3) is 5.56 Å². The van der Waals surface area contributed by atoms with Gasteiger partial charge < -0.3 is 15.2 Å². The lowest BCUT2D eigenvalue weighted by Gasteiger charge is -2.20. The van der Waals surface area contributed by atoms with Crippen LogP contribution in [0.4, 0.5) is 11.6 Å². The number of aromatic nitrogens is 5. The Hall–Kier alpha value is -2.77. The van der Waals surface area contributed by atoms with Crippen molar-refractivity contribution in [2.75, 3.05) is 23.7 Å². The van der Waals surface area contributed by atoms with Crippen LogP contribution >= 0.6 is 0 Å². The molecule has 0 radical (unpaired) electrons. The van der Waals surface area contributed by atoms with Crippen molar-refractivity contribution >= 4 is 22.5 Å². The molecule has 144 valence electrons. The Balaban J connectivity index is 1.93. The molecule has 0 spiro atoms. The molecule has 0 aliphatic carbocycles. The number of pyridine rings is 1. The molecule has 1 unspecified atom stereocenters. The summed E-state index contributed by atoms with van der Waals surface area (Å²) < 4.78 is 3.67. The number of hydrogen-bond donors (Lipinski definition) is 2. The van der Waals surface area contributed by atoms with Gasteiger partial charge in [0.15, 0.2) is 5.82 Å². The Morgan fingerprint density at radius 2 is 1.93 bits per heavy atom. The molecule has 1 aliphatic heterocycles. The number of nitrogen functional groups attached to an aromatic ring is 1. The average molecular weight is 369 g/mol. The Morgan fingerprint density at radius 3 is 2.59 bits per heavy atom. The van der Waals surface area contributed by atoms with Gasteiger partial charge in [-0.3, -0.25) is 14.6 Å². The van der Waals surface area contributed by atoms with Gasteiger partial charge in [0, 0.05) is 44.0 Å². The quantitative estimate of drug-likeness (QED) is 0.736. The van der Waals surface area contributed by atoms with E-state index < -0.39 is 0 Å². The summed E-state index contributed by atoms with van der Waals surface area (Å²) in [4.78, 5) is 15.4. The third kappa shape index (κ3) is 2.79. The Kier molecular flexibility index (Phi) is 4.20. The number of nitrogens with two attached hydrogens (primary N) is 1. The van der Waals surface area contributed by atoms with E-state index in [1.54, 1.807) is 4.57 Å². The molecular formula is C19H27N7O. The lowest BCUT2D eigenvalue weighted by Crippen LogP contribution is -2.26. The lowest BCUT2D eigenvalue weighted by molar-refractivity contribution is 0.400. The molecule has 0 aromatic carbocycles. The Bertz CT molecular complexity index is 1040. The average Bonchev–Trinajstić information content (AvgIpc) is 3.35. The first-order valence-electron chi connectivity index (χ1n) is 9.56. The first-order valence-corrected chi connectivity index (χ1v) is 9.56. The molecule has 0 amide bonds.